The van der Waals surface area contributed by atoms with E-state index in [2.05, 4.69) is 0 Å². The number of ether oxygens (including phenoxy) is 2. The van der Waals surface area contributed by atoms with Crippen molar-refractivity contribution in [3.63, 3.8) is 0 Å². The van der Waals surface area contributed by atoms with E-state index in [1.165, 1.54) is 4.90 Å². The van der Waals surface area contributed by atoms with Crippen molar-refractivity contribution in [3.8, 4) is 5.75 Å². The van der Waals surface area contributed by atoms with E-state index in [4.69, 9.17) is 9.47 Å². The largest absolute Gasteiger partial charge is 0.491 e. The number of aliphatic hydroxyl groups excluding tert-OH is 1. The number of fused-ring (bicyclic) bond motifs is 1. The molecule has 0 saturated carbocycles. The van der Waals surface area contributed by atoms with E-state index in [-0.39, 0.29) is 12.6 Å². The summed E-state index contributed by atoms with van der Waals surface area (Å²) in [4.78, 5) is 13.7. The molecular formula is C17H25NO4. The maximum Gasteiger partial charge on any atom is 0.410 e. The highest BCUT2D eigenvalue weighted by Crippen LogP contribution is 2.31. The van der Waals surface area contributed by atoms with E-state index in [0.29, 0.717) is 6.54 Å². The molecule has 2 rings (SSSR count). The van der Waals surface area contributed by atoms with Gasteiger partial charge in [0.25, 0.3) is 0 Å². The molecule has 0 saturated heterocycles. The molecule has 0 spiro atoms. The molecule has 22 heavy (non-hydrogen) atoms. The first kappa shape index (κ1) is 16.6. The summed E-state index contributed by atoms with van der Waals surface area (Å²) < 4.78 is 11.0. The Bertz CT molecular complexity index is 548. The molecule has 1 amide bonds. The van der Waals surface area contributed by atoms with Gasteiger partial charge in [0.1, 0.15) is 11.4 Å². The standard InChI is InChI=1S/C17H25NO4/c1-11(2)21-13-7-6-12-9-18(10-15(19)14(12)8-13)16(20)22-17(3,4)5/h6-8,11,15,19H,9-10H2,1-5H3. The van der Waals surface area contributed by atoms with Crippen LogP contribution in [0.15, 0.2) is 18.2 Å². The molecule has 1 aromatic carbocycles. The van der Waals surface area contributed by atoms with Crippen LogP contribution in [0, 0.1) is 0 Å². The Morgan fingerprint density at radius 3 is 2.64 bits per heavy atom. The van der Waals surface area contributed by atoms with Gasteiger partial charge >= 0.3 is 6.09 Å². The van der Waals surface area contributed by atoms with Crippen molar-refractivity contribution in [1.82, 2.24) is 4.90 Å². The van der Waals surface area contributed by atoms with Gasteiger partial charge in [0.2, 0.25) is 0 Å². The zero-order valence-electron chi connectivity index (χ0n) is 13.9. The molecule has 0 fully saturated rings. The Kier molecular flexibility index (Phi) is 4.66. The fourth-order valence-corrected chi connectivity index (χ4v) is 2.42. The van der Waals surface area contributed by atoms with E-state index in [1.807, 2.05) is 52.8 Å². The van der Waals surface area contributed by atoms with Gasteiger partial charge in [-0.3, -0.25) is 0 Å². The number of carbonyl (C=O) groups is 1. The van der Waals surface area contributed by atoms with E-state index >= 15 is 0 Å². The van der Waals surface area contributed by atoms with Gasteiger partial charge in [-0.2, -0.15) is 0 Å². The summed E-state index contributed by atoms with van der Waals surface area (Å²) in [6.07, 6.45) is -1.05. The maximum absolute atomic E-state index is 12.1. The van der Waals surface area contributed by atoms with E-state index in [9.17, 15) is 9.90 Å². The van der Waals surface area contributed by atoms with Crippen LogP contribution in [0.25, 0.3) is 0 Å². The molecule has 0 bridgehead atoms. The van der Waals surface area contributed by atoms with Crippen LogP contribution in [0.5, 0.6) is 5.75 Å². The Morgan fingerprint density at radius 1 is 1.36 bits per heavy atom. The molecule has 1 atom stereocenters. The minimum Gasteiger partial charge on any atom is -0.491 e. The highest BCUT2D eigenvalue weighted by molar-refractivity contribution is 5.69. The third-order valence-electron chi connectivity index (χ3n) is 3.25. The second kappa shape index (κ2) is 6.16. The van der Waals surface area contributed by atoms with E-state index in [1.54, 1.807) is 0 Å². The number of aliphatic hydroxyl groups is 1. The predicted octanol–water partition coefficient (Wildman–Crippen LogP) is 3.26. The van der Waals surface area contributed by atoms with Crippen molar-refractivity contribution < 1.29 is 19.4 Å². The zero-order valence-corrected chi connectivity index (χ0v) is 13.9. The highest BCUT2D eigenvalue weighted by atomic mass is 16.6. The van der Waals surface area contributed by atoms with Gasteiger partial charge in [-0.15, -0.1) is 0 Å². The third-order valence-corrected chi connectivity index (χ3v) is 3.25. The number of β-amino-alcohol motifs (C(OH)–C–C–N with tert-alkyl or cyclic N) is 1. The Hall–Kier alpha value is -1.75. The van der Waals surface area contributed by atoms with Gasteiger partial charge in [-0.25, -0.2) is 4.79 Å². The monoisotopic (exact) mass is 307 g/mol. The lowest BCUT2D eigenvalue weighted by Gasteiger charge is -2.33. The van der Waals surface area contributed by atoms with Gasteiger partial charge in [-0.1, -0.05) is 6.07 Å². The average molecular weight is 307 g/mol. The molecule has 0 radical (unpaired) electrons. The van der Waals surface area contributed by atoms with Crippen LogP contribution in [0.1, 0.15) is 51.8 Å². The van der Waals surface area contributed by atoms with Gasteiger partial charge in [0.15, 0.2) is 0 Å². The zero-order chi connectivity index (χ0) is 16.5. The van der Waals surface area contributed by atoms with Crippen molar-refractivity contribution in [3.05, 3.63) is 29.3 Å². The van der Waals surface area contributed by atoms with Crippen molar-refractivity contribution in [2.45, 2.75) is 59.0 Å². The average Bonchev–Trinajstić information content (AvgIpc) is 2.36. The molecule has 122 valence electrons. The number of hydrogen-bond acceptors (Lipinski definition) is 4. The van der Waals surface area contributed by atoms with Crippen molar-refractivity contribution in [2.75, 3.05) is 6.54 Å². The summed E-state index contributed by atoms with van der Waals surface area (Å²) in [7, 11) is 0. The predicted molar refractivity (Wildman–Crippen MR) is 83.8 cm³/mol. The topological polar surface area (TPSA) is 59.0 Å². The molecule has 1 aliphatic rings. The molecule has 1 N–H and O–H groups in total. The summed E-state index contributed by atoms with van der Waals surface area (Å²) in [5, 5.41) is 10.3. The third kappa shape index (κ3) is 4.13. The lowest BCUT2D eigenvalue weighted by atomic mass is 9.97. The summed E-state index contributed by atoms with van der Waals surface area (Å²) >= 11 is 0. The second-order valence-electron chi connectivity index (χ2n) is 6.90. The molecule has 1 aliphatic heterocycles. The summed E-state index contributed by atoms with van der Waals surface area (Å²) in [5.41, 5.74) is 1.19. The molecule has 1 aromatic rings. The number of nitrogens with zero attached hydrogens (tertiary/aromatic N) is 1. The normalized spacial score (nSPS) is 18.1. The van der Waals surface area contributed by atoms with Crippen LogP contribution in [0.3, 0.4) is 0 Å². The van der Waals surface area contributed by atoms with Gasteiger partial charge in [0.05, 0.1) is 18.8 Å². The SMILES string of the molecule is CC(C)Oc1ccc2c(c1)C(O)CN(C(=O)OC(C)(C)C)C2. The number of rotatable bonds is 2. The van der Waals surface area contributed by atoms with Crippen LogP contribution in [0.4, 0.5) is 4.79 Å². The van der Waals surface area contributed by atoms with Gasteiger partial charge in [-0.05, 0) is 57.9 Å². The molecule has 1 unspecified atom stereocenters. The fraction of sp³-hybridized carbons (Fsp3) is 0.588. The minimum absolute atomic E-state index is 0.0806. The van der Waals surface area contributed by atoms with Crippen LogP contribution in [0.2, 0.25) is 0 Å². The molecular weight excluding hydrogens is 282 g/mol. The summed E-state index contributed by atoms with van der Waals surface area (Å²) in [6.45, 7) is 10.1. The number of amides is 1. The maximum atomic E-state index is 12.1. The Labute approximate surface area is 131 Å². The number of hydrogen-bond donors (Lipinski definition) is 1. The summed E-state index contributed by atoms with van der Waals surface area (Å²) in [6, 6.07) is 5.61. The molecule has 1 heterocycles. The molecule has 0 aliphatic carbocycles. The van der Waals surface area contributed by atoms with Crippen LogP contribution in [-0.2, 0) is 11.3 Å². The van der Waals surface area contributed by atoms with E-state index < -0.39 is 17.8 Å². The van der Waals surface area contributed by atoms with Crippen LogP contribution in [-0.4, -0.2) is 34.3 Å². The smallest absolute Gasteiger partial charge is 0.410 e. The number of benzene rings is 1. The Balaban J connectivity index is 2.15. The summed E-state index contributed by atoms with van der Waals surface area (Å²) in [5.74, 6) is 0.735. The van der Waals surface area contributed by atoms with Gasteiger partial charge in [0, 0.05) is 6.54 Å². The van der Waals surface area contributed by atoms with Crippen molar-refractivity contribution >= 4 is 6.09 Å². The van der Waals surface area contributed by atoms with Gasteiger partial charge < -0.3 is 19.5 Å². The molecule has 5 nitrogen and oxygen atoms in total. The first-order valence-corrected chi connectivity index (χ1v) is 7.61. The quantitative estimate of drug-likeness (QED) is 0.911. The fourth-order valence-electron chi connectivity index (χ4n) is 2.42. The van der Waals surface area contributed by atoms with Crippen LogP contribution < -0.4 is 4.74 Å². The molecule has 0 aromatic heterocycles. The van der Waals surface area contributed by atoms with Crippen LogP contribution >= 0.6 is 0 Å². The van der Waals surface area contributed by atoms with Crippen molar-refractivity contribution in [2.24, 2.45) is 0 Å². The first-order chi connectivity index (χ1) is 10.2. The highest BCUT2D eigenvalue weighted by Gasteiger charge is 2.30. The molecule has 5 heteroatoms. The van der Waals surface area contributed by atoms with Crippen molar-refractivity contribution in [1.29, 1.82) is 0 Å². The second-order valence-corrected chi connectivity index (χ2v) is 6.90. The number of carbonyl (C=O) groups excluding carboxylic acids is 1. The lowest BCUT2D eigenvalue weighted by Crippen LogP contribution is -2.41. The minimum atomic E-state index is -0.730. The first-order valence-electron chi connectivity index (χ1n) is 7.61. The Morgan fingerprint density at radius 2 is 2.05 bits per heavy atom. The lowest BCUT2D eigenvalue weighted by molar-refractivity contribution is 0.00824. The van der Waals surface area contributed by atoms with E-state index in [0.717, 1.165) is 16.9 Å².